The molecule has 0 unspecified atom stereocenters. The maximum Gasteiger partial charge on any atom is 0.303 e. The second kappa shape index (κ2) is 7.17. The van der Waals surface area contributed by atoms with Crippen LogP contribution >= 0.6 is 0 Å². The summed E-state index contributed by atoms with van der Waals surface area (Å²) in [5.41, 5.74) is 5.74. The number of rotatable bonds is 8. The number of benzene rings is 1. The van der Waals surface area contributed by atoms with Gasteiger partial charge in [0.15, 0.2) is 0 Å². The van der Waals surface area contributed by atoms with E-state index in [0.717, 1.165) is 5.56 Å². The van der Waals surface area contributed by atoms with Crippen molar-refractivity contribution in [2.24, 2.45) is 5.73 Å². The van der Waals surface area contributed by atoms with Crippen molar-refractivity contribution in [3.63, 3.8) is 0 Å². The monoisotopic (exact) mass is 296 g/mol. The van der Waals surface area contributed by atoms with E-state index in [-0.39, 0.29) is 18.7 Å². The molecule has 1 aromatic rings. The van der Waals surface area contributed by atoms with Gasteiger partial charge >= 0.3 is 5.97 Å². The van der Waals surface area contributed by atoms with Crippen molar-refractivity contribution in [2.45, 2.75) is 44.7 Å². The van der Waals surface area contributed by atoms with Gasteiger partial charge in [-0.1, -0.05) is 12.1 Å². The lowest BCUT2D eigenvalue weighted by atomic mass is 9.93. The van der Waals surface area contributed by atoms with Crippen molar-refractivity contribution in [3.05, 3.63) is 35.6 Å². The van der Waals surface area contributed by atoms with Gasteiger partial charge in [-0.25, -0.2) is 4.39 Å². The lowest BCUT2D eigenvalue weighted by Crippen LogP contribution is -2.52. The number of hydrogen-bond acceptors (Lipinski definition) is 3. The van der Waals surface area contributed by atoms with E-state index in [0.29, 0.717) is 6.42 Å². The quantitative estimate of drug-likeness (QED) is 0.677. The highest BCUT2D eigenvalue weighted by molar-refractivity contribution is 5.80. The van der Waals surface area contributed by atoms with Gasteiger partial charge in [0.05, 0.1) is 6.04 Å². The van der Waals surface area contributed by atoms with Crippen LogP contribution in [0.2, 0.25) is 0 Å². The third kappa shape index (κ3) is 6.35. The Bertz CT molecular complexity index is 500. The third-order valence-electron chi connectivity index (χ3n) is 3.11. The normalized spacial score (nSPS) is 12.9. The van der Waals surface area contributed by atoms with Gasteiger partial charge in [-0.05, 0) is 44.4 Å². The molecule has 0 saturated carbocycles. The molecule has 4 N–H and O–H groups in total. The van der Waals surface area contributed by atoms with Crippen LogP contribution < -0.4 is 11.1 Å². The third-order valence-corrected chi connectivity index (χ3v) is 3.11. The molecule has 1 amide bonds. The molecule has 0 heterocycles. The molecule has 1 atom stereocenters. The minimum atomic E-state index is -0.973. The van der Waals surface area contributed by atoms with Gasteiger partial charge in [-0.3, -0.25) is 9.59 Å². The predicted octanol–water partition coefficient (Wildman–Crippen LogP) is 1.46. The Labute approximate surface area is 123 Å². The molecule has 0 spiro atoms. The first-order valence-electron chi connectivity index (χ1n) is 6.73. The molecule has 6 heteroatoms. The molecule has 5 nitrogen and oxygen atoms in total. The Balaban J connectivity index is 2.68. The molecule has 0 fully saturated rings. The van der Waals surface area contributed by atoms with Crippen LogP contribution in [0, 0.1) is 5.82 Å². The first-order valence-corrected chi connectivity index (χ1v) is 6.73. The van der Waals surface area contributed by atoms with E-state index in [1.54, 1.807) is 12.1 Å². The fourth-order valence-electron chi connectivity index (χ4n) is 2.19. The fraction of sp³-hybridized carbons (Fsp3) is 0.467. The molecular weight excluding hydrogens is 275 g/mol. The Morgan fingerprint density at radius 3 is 2.38 bits per heavy atom. The van der Waals surface area contributed by atoms with Crippen LogP contribution in [0.15, 0.2) is 24.3 Å². The minimum absolute atomic E-state index is 0.132. The summed E-state index contributed by atoms with van der Waals surface area (Å²) >= 11 is 0. The zero-order chi connectivity index (χ0) is 16.0. The van der Waals surface area contributed by atoms with E-state index in [1.165, 1.54) is 12.1 Å². The number of carboxylic acids is 1. The van der Waals surface area contributed by atoms with E-state index in [4.69, 9.17) is 10.8 Å². The van der Waals surface area contributed by atoms with Crippen molar-refractivity contribution in [1.82, 2.24) is 5.32 Å². The maximum atomic E-state index is 12.9. The zero-order valence-corrected chi connectivity index (χ0v) is 12.2. The Kier molecular flexibility index (Phi) is 5.84. The highest BCUT2D eigenvalue weighted by atomic mass is 19.1. The van der Waals surface area contributed by atoms with Gasteiger partial charge < -0.3 is 16.2 Å². The molecule has 0 aromatic heterocycles. The second-order valence-electron chi connectivity index (χ2n) is 5.72. The molecular formula is C15H21FN2O3. The molecule has 0 saturated heterocycles. The summed E-state index contributed by atoms with van der Waals surface area (Å²) in [6.45, 7) is 3.76. The average Bonchev–Trinajstić information content (AvgIpc) is 2.36. The highest BCUT2D eigenvalue weighted by Gasteiger charge is 2.26. The van der Waals surface area contributed by atoms with Crippen LogP contribution in [0.25, 0.3) is 0 Å². The Hall–Kier alpha value is -1.95. The lowest BCUT2D eigenvalue weighted by Gasteiger charge is -2.30. The molecule has 1 aromatic carbocycles. The number of carbonyl (C=O) groups is 2. The van der Waals surface area contributed by atoms with E-state index in [1.807, 2.05) is 13.8 Å². The maximum absolute atomic E-state index is 12.9. The summed E-state index contributed by atoms with van der Waals surface area (Å²) in [5.74, 6) is -1.86. The van der Waals surface area contributed by atoms with E-state index >= 15 is 0 Å². The summed E-state index contributed by atoms with van der Waals surface area (Å²) in [5, 5.41) is 11.8. The summed E-state index contributed by atoms with van der Waals surface area (Å²) < 4.78 is 12.9. The summed E-state index contributed by atoms with van der Waals surface area (Å²) in [6, 6.07) is 5.39. The van der Waals surface area contributed by atoms with E-state index in [2.05, 4.69) is 5.32 Å². The molecule has 0 aliphatic heterocycles. The predicted molar refractivity (Wildman–Crippen MR) is 77.2 cm³/mol. The van der Waals surface area contributed by atoms with Crippen LogP contribution in [0.4, 0.5) is 4.39 Å². The number of primary amides is 1. The van der Waals surface area contributed by atoms with E-state index < -0.39 is 23.5 Å². The number of carboxylic acid groups (broad SMARTS) is 1. The van der Waals surface area contributed by atoms with Crippen LogP contribution in [-0.2, 0) is 16.0 Å². The number of amides is 1. The lowest BCUT2D eigenvalue weighted by molar-refractivity contribution is -0.137. The highest BCUT2D eigenvalue weighted by Crippen LogP contribution is 2.15. The van der Waals surface area contributed by atoms with Crippen molar-refractivity contribution < 1.29 is 19.1 Å². The molecule has 21 heavy (non-hydrogen) atoms. The standard InChI is InChI=1S/C15H21FN2O3/c1-15(2,9-10-3-5-11(16)6-4-10)18-12(14(17)21)7-8-13(19)20/h3-6,12,18H,7-9H2,1-2H3,(H2,17,21)(H,19,20)/t12-/m1/s1. The SMILES string of the molecule is CC(C)(Cc1ccc(F)cc1)N[C@H](CCC(=O)O)C(N)=O. The molecule has 1 rings (SSSR count). The molecule has 0 bridgehead atoms. The molecule has 0 aliphatic carbocycles. The Morgan fingerprint density at radius 1 is 1.33 bits per heavy atom. The second-order valence-corrected chi connectivity index (χ2v) is 5.72. The summed E-state index contributed by atoms with van der Waals surface area (Å²) in [7, 11) is 0. The number of aliphatic carboxylic acids is 1. The summed E-state index contributed by atoms with van der Waals surface area (Å²) in [4.78, 5) is 22.0. The smallest absolute Gasteiger partial charge is 0.303 e. The topological polar surface area (TPSA) is 92.4 Å². The summed E-state index contributed by atoms with van der Waals surface area (Å²) in [6.07, 6.45) is 0.564. The van der Waals surface area contributed by atoms with Crippen molar-refractivity contribution in [3.8, 4) is 0 Å². The fourth-order valence-corrected chi connectivity index (χ4v) is 2.19. The number of carbonyl (C=O) groups excluding carboxylic acids is 1. The van der Waals surface area contributed by atoms with E-state index in [9.17, 15) is 14.0 Å². The molecule has 116 valence electrons. The Morgan fingerprint density at radius 2 is 1.90 bits per heavy atom. The van der Waals surface area contributed by atoms with Crippen LogP contribution in [-0.4, -0.2) is 28.6 Å². The minimum Gasteiger partial charge on any atom is -0.481 e. The van der Waals surface area contributed by atoms with Gasteiger partial charge in [0, 0.05) is 12.0 Å². The first kappa shape index (κ1) is 17.1. The van der Waals surface area contributed by atoms with Crippen molar-refractivity contribution in [1.29, 1.82) is 0 Å². The molecule has 0 aliphatic rings. The van der Waals surface area contributed by atoms with Gasteiger partial charge in [0.25, 0.3) is 0 Å². The van der Waals surface area contributed by atoms with Crippen molar-refractivity contribution in [2.75, 3.05) is 0 Å². The van der Waals surface area contributed by atoms with Crippen LogP contribution in [0.3, 0.4) is 0 Å². The van der Waals surface area contributed by atoms with Crippen LogP contribution in [0.1, 0.15) is 32.3 Å². The number of halogens is 1. The van der Waals surface area contributed by atoms with Gasteiger partial charge in [0.1, 0.15) is 5.82 Å². The van der Waals surface area contributed by atoms with Crippen molar-refractivity contribution >= 4 is 11.9 Å². The van der Waals surface area contributed by atoms with Gasteiger partial charge in [-0.15, -0.1) is 0 Å². The average molecular weight is 296 g/mol. The molecule has 0 radical (unpaired) electrons. The van der Waals surface area contributed by atoms with Gasteiger partial charge in [-0.2, -0.15) is 0 Å². The first-order chi connectivity index (χ1) is 9.69. The van der Waals surface area contributed by atoms with Gasteiger partial charge in [0.2, 0.25) is 5.91 Å². The number of nitrogens with two attached hydrogens (primary N) is 1. The zero-order valence-electron chi connectivity index (χ0n) is 12.2. The van der Waals surface area contributed by atoms with Crippen LogP contribution in [0.5, 0.6) is 0 Å². The largest absolute Gasteiger partial charge is 0.481 e. The number of nitrogens with one attached hydrogen (secondary N) is 1. The number of hydrogen-bond donors (Lipinski definition) is 3.